The van der Waals surface area contributed by atoms with Crippen LogP contribution in [-0.4, -0.2) is 35.1 Å². The quantitative estimate of drug-likeness (QED) is 0.892. The van der Waals surface area contributed by atoms with Gasteiger partial charge in [0, 0.05) is 12.6 Å². The molecule has 1 amide bonds. The van der Waals surface area contributed by atoms with Crippen molar-refractivity contribution < 1.29 is 9.90 Å². The van der Waals surface area contributed by atoms with Crippen LogP contribution in [0.3, 0.4) is 0 Å². The number of nitrogens with zero attached hydrogens (tertiary/aromatic N) is 1. The third-order valence-electron chi connectivity index (χ3n) is 4.69. The van der Waals surface area contributed by atoms with Gasteiger partial charge in [-0.15, -0.1) is 0 Å². The second kappa shape index (κ2) is 5.96. The lowest BCUT2D eigenvalue weighted by Crippen LogP contribution is -2.46. The fraction of sp³-hybridized carbons (Fsp3) is 0.588. The van der Waals surface area contributed by atoms with Crippen molar-refractivity contribution in [2.45, 2.75) is 51.0 Å². The standard InChI is InChI=1S/C17H23NO2/c19-10-9-18(16-5-2-6-16)17(20)12-13-7-8-14-3-1-4-15(14)11-13/h7-8,11,16,19H,1-6,9-10,12H2. The van der Waals surface area contributed by atoms with Gasteiger partial charge in [0.05, 0.1) is 13.0 Å². The largest absolute Gasteiger partial charge is 0.395 e. The van der Waals surface area contributed by atoms with E-state index in [-0.39, 0.29) is 12.5 Å². The molecular weight excluding hydrogens is 250 g/mol. The molecule has 0 spiro atoms. The Morgan fingerprint density at radius 3 is 2.70 bits per heavy atom. The minimum absolute atomic E-state index is 0.0619. The van der Waals surface area contributed by atoms with E-state index in [1.165, 1.54) is 30.4 Å². The molecule has 1 N–H and O–H groups in total. The molecule has 1 fully saturated rings. The number of carbonyl (C=O) groups is 1. The fourth-order valence-electron chi connectivity index (χ4n) is 3.33. The average molecular weight is 273 g/mol. The Hall–Kier alpha value is -1.35. The van der Waals surface area contributed by atoms with Gasteiger partial charge in [0.2, 0.25) is 5.91 Å². The van der Waals surface area contributed by atoms with Crippen LogP contribution in [0.15, 0.2) is 18.2 Å². The van der Waals surface area contributed by atoms with Crippen molar-refractivity contribution in [1.82, 2.24) is 4.90 Å². The molecule has 20 heavy (non-hydrogen) atoms. The number of hydrogen-bond acceptors (Lipinski definition) is 2. The van der Waals surface area contributed by atoms with Crippen molar-refractivity contribution in [2.75, 3.05) is 13.2 Å². The van der Waals surface area contributed by atoms with Gasteiger partial charge < -0.3 is 10.0 Å². The van der Waals surface area contributed by atoms with Gasteiger partial charge in [0.25, 0.3) is 0 Å². The minimum Gasteiger partial charge on any atom is -0.395 e. The third kappa shape index (κ3) is 2.73. The Morgan fingerprint density at radius 1 is 1.20 bits per heavy atom. The highest BCUT2D eigenvalue weighted by Crippen LogP contribution is 2.26. The topological polar surface area (TPSA) is 40.5 Å². The first-order valence-corrected chi connectivity index (χ1v) is 7.79. The normalized spacial score (nSPS) is 17.6. The first-order valence-electron chi connectivity index (χ1n) is 7.79. The average Bonchev–Trinajstić information content (AvgIpc) is 2.83. The summed E-state index contributed by atoms with van der Waals surface area (Å²) in [5.74, 6) is 0.168. The number of aryl methyl sites for hydroxylation is 2. The number of carbonyl (C=O) groups excluding carboxylic acids is 1. The minimum atomic E-state index is 0.0619. The second-order valence-corrected chi connectivity index (χ2v) is 6.03. The number of amides is 1. The molecule has 0 saturated heterocycles. The smallest absolute Gasteiger partial charge is 0.227 e. The zero-order valence-corrected chi connectivity index (χ0v) is 12.0. The molecule has 1 saturated carbocycles. The van der Waals surface area contributed by atoms with Crippen LogP contribution in [-0.2, 0) is 24.1 Å². The monoisotopic (exact) mass is 273 g/mol. The Labute approximate surface area is 120 Å². The van der Waals surface area contributed by atoms with E-state index in [4.69, 9.17) is 5.11 Å². The van der Waals surface area contributed by atoms with Crippen LogP contribution in [0.1, 0.15) is 42.4 Å². The Balaban J connectivity index is 1.67. The maximum atomic E-state index is 12.5. The van der Waals surface area contributed by atoms with Gasteiger partial charge in [-0.1, -0.05) is 18.2 Å². The van der Waals surface area contributed by atoms with Crippen molar-refractivity contribution >= 4 is 5.91 Å². The molecule has 0 heterocycles. The summed E-state index contributed by atoms with van der Waals surface area (Å²) >= 11 is 0. The van der Waals surface area contributed by atoms with Crippen LogP contribution in [0.5, 0.6) is 0 Å². The van der Waals surface area contributed by atoms with E-state index >= 15 is 0 Å². The Morgan fingerprint density at radius 2 is 2.00 bits per heavy atom. The molecule has 2 aliphatic carbocycles. The highest BCUT2D eigenvalue weighted by atomic mass is 16.3. The fourth-order valence-corrected chi connectivity index (χ4v) is 3.33. The summed E-state index contributed by atoms with van der Waals surface area (Å²) in [6.07, 6.45) is 7.45. The van der Waals surface area contributed by atoms with E-state index in [0.29, 0.717) is 19.0 Å². The number of aliphatic hydroxyl groups is 1. The highest BCUT2D eigenvalue weighted by Gasteiger charge is 2.28. The van der Waals surface area contributed by atoms with Gasteiger partial charge in [0.1, 0.15) is 0 Å². The first kappa shape index (κ1) is 13.6. The van der Waals surface area contributed by atoms with E-state index in [0.717, 1.165) is 24.8 Å². The SMILES string of the molecule is O=C(Cc1ccc2c(c1)CCC2)N(CCO)C1CCC1. The summed E-state index contributed by atoms with van der Waals surface area (Å²) in [5, 5.41) is 9.15. The Bertz CT molecular complexity index is 494. The predicted molar refractivity (Wildman–Crippen MR) is 78.6 cm³/mol. The van der Waals surface area contributed by atoms with Crippen LogP contribution in [0.25, 0.3) is 0 Å². The zero-order chi connectivity index (χ0) is 13.9. The second-order valence-electron chi connectivity index (χ2n) is 6.03. The molecule has 0 aromatic heterocycles. The highest BCUT2D eigenvalue weighted by molar-refractivity contribution is 5.79. The molecule has 0 bridgehead atoms. The number of hydrogen-bond donors (Lipinski definition) is 1. The first-order chi connectivity index (χ1) is 9.78. The van der Waals surface area contributed by atoms with Gasteiger partial charge in [-0.05, 0) is 55.2 Å². The summed E-state index contributed by atoms with van der Waals surface area (Å²) in [4.78, 5) is 14.3. The lowest BCUT2D eigenvalue weighted by molar-refractivity contribution is -0.135. The summed E-state index contributed by atoms with van der Waals surface area (Å²) in [6.45, 7) is 0.543. The molecular formula is C17H23NO2. The van der Waals surface area contributed by atoms with Crippen LogP contribution < -0.4 is 0 Å². The van der Waals surface area contributed by atoms with Gasteiger partial charge in [0.15, 0.2) is 0 Å². The maximum Gasteiger partial charge on any atom is 0.227 e. The molecule has 3 nitrogen and oxygen atoms in total. The van der Waals surface area contributed by atoms with Crippen LogP contribution in [0, 0.1) is 0 Å². The molecule has 1 aromatic carbocycles. The molecule has 1 aromatic rings. The molecule has 0 atom stereocenters. The summed E-state index contributed by atoms with van der Waals surface area (Å²) in [6, 6.07) is 6.85. The van der Waals surface area contributed by atoms with Crippen molar-refractivity contribution in [2.24, 2.45) is 0 Å². The van der Waals surface area contributed by atoms with Crippen LogP contribution in [0.2, 0.25) is 0 Å². The molecule has 2 aliphatic rings. The van der Waals surface area contributed by atoms with Crippen molar-refractivity contribution in [3.05, 3.63) is 34.9 Å². The van der Waals surface area contributed by atoms with Crippen molar-refractivity contribution in [1.29, 1.82) is 0 Å². The summed E-state index contributed by atoms with van der Waals surface area (Å²) in [5.41, 5.74) is 4.00. The van der Waals surface area contributed by atoms with E-state index in [2.05, 4.69) is 18.2 Å². The third-order valence-corrected chi connectivity index (χ3v) is 4.69. The van der Waals surface area contributed by atoms with Crippen molar-refractivity contribution in [3.8, 4) is 0 Å². The number of fused-ring (bicyclic) bond motifs is 1. The van der Waals surface area contributed by atoms with Gasteiger partial charge >= 0.3 is 0 Å². The summed E-state index contributed by atoms with van der Waals surface area (Å²) < 4.78 is 0. The van der Waals surface area contributed by atoms with E-state index in [9.17, 15) is 4.79 Å². The zero-order valence-electron chi connectivity index (χ0n) is 12.0. The molecule has 0 unspecified atom stereocenters. The van der Waals surface area contributed by atoms with Crippen molar-refractivity contribution in [3.63, 3.8) is 0 Å². The van der Waals surface area contributed by atoms with Gasteiger partial charge in [-0.3, -0.25) is 4.79 Å². The van der Waals surface area contributed by atoms with Gasteiger partial charge in [-0.2, -0.15) is 0 Å². The maximum absolute atomic E-state index is 12.5. The molecule has 3 rings (SSSR count). The Kier molecular flexibility index (Phi) is 4.06. The molecule has 0 radical (unpaired) electrons. The predicted octanol–water partition coefficient (Wildman–Crippen LogP) is 2.09. The number of rotatable bonds is 5. The van der Waals surface area contributed by atoms with Gasteiger partial charge in [-0.25, -0.2) is 0 Å². The lowest BCUT2D eigenvalue weighted by Gasteiger charge is -2.37. The van der Waals surface area contributed by atoms with E-state index < -0.39 is 0 Å². The van der Waals surface area contributed by atoms with E-state index in [1.54, 1.807) is 0 Å². The number of benzene rings is 1. The summed E-state index contributed by atoms with van der Waals surface area (Å²) in [7, 11) is 0. The molecule has 108 valence electrons. The molecule has 3 heteroatoms. The van der Waals surface area contributed by atoms with E-state index in [1.807, 2.05) is 4.90 Å². The lowest BCUT2D eigenvalue weighted by atomic mass is 9.91. The van der Waals surface area contributed by atoms with Crippen LogP contribution >= 0.6 is 0 Å². The number of aliphatic hydroxyl groups excluding tert-OH is 1. The molecule has 0 aliphatic heterocycles. The van der Waals surface area contributed by atoms with Crippen LogP contribution in [0.4, 0.5) is 0 Å².